The molecule has 1 heterocycles. The van der Waals surface area contributed by atoms with Crippen molar-refractivity contribution in [3.05, 3.63) is 50.1 Å². The quantitative estimate of drug-likeness (QED) is 0.569. The van der Waals surface area contributed by atoms with E-state index in [4.69, 9.17) is 15.2 Å². The molecule has 0 fully saturated rings. The number of carbonyl (C=O) groups is 1. The van der Waals surface area contributed by atoms with Crippen molar-refractivity contribution in [2.24, 2.45) is 5.73 Å². The first kappa shape index (κ1) is 17.1. The van der Waals surface area contributed by atoms with Gasteiger partial charge in [-0.05, 0) is 48.6 Å². The molecule has 0 amide bonds. The van der Waals surface area contributed by atoms with Crippen molar-refractivity contribution in [1.29, 1.82) is 5.26 Å². The smallest absolute Gasteiger partial charge is 0.338 e. The van der Waals surface area contributed by atoms with Gasteiger partial charge in [-0.25, -0.2) is 4.79 Å². The lowest BCUT2D eigenvalue weighted by Gasteiger charge is -2.27. The van der Waals surface area contributed by atoms with E-state index < -0.39 is 11.9 Å². The number of aromatic hydroxyl groups is 1. The van der Waals surface area contributed by atoms with Gasteiger partial charge in [0.15, 0.2) is 0 Å². The predicted molar refractivity (Wildman–Crippen MR) is 90.8 cm³/mol. The van der Waals surface area contributed by atoms with Gasteiger partial charge >= 0.3 is 5.97 Å². The molecule has 1 unspecified atom stereocenters. The Morgan fingerprint density at radius 2 is 2.26 bits per heavy atom. The van der Waals surface area contributed by atoms with Crippen LogP contribution in [-0.2, 0) is 14.3 Å². The minimum absolute atomic E-state index is 0.0288. The van der Waals surface area contributed by atoms with Gasteiger partial charge in [0.25, 0.3) is 0 Å². The summed E-state index contributed by atoms with van der Waals surface area (Å²) in [7, 11) is 0. The first-order valence-corrected chi connectivity index (χ1v) is 7.93. The molecule has 6 nitrogen and oxygen atoms in total. The number of ether oxygens (including phenoxy) is 2. The zero-order valence-electron chi connectivity index (χ0n) is 12.6. The Bertz CT molecular complexity index is 742. The second-order valence-corrected chi connectivity index (χ2v) is 5.95. The molecule has 1 aromatic carbocycles. The van der Waals surface area contributed by atoms with Gasteiger partial charge in [-0.15, -0.1) is 0 Å². The van der Waals surface area contributed by atoms with Gasteiger partial charge in [-0.2, -0.15) is 5.26 Å². The summed E-state index contributed by atoms with van der Waals surface area (Å²) in [6, 6.07) is 6.93. The number of nitrogens with two attached hydrogens (primary N) is 1. The number of nitriles is 1. The molecule has 0 saturated heterocycles. The van der Waals surface area contributed by atoms with Crippen LogP contribution in [0.4, 0.5) is 0 Å². The van der Waals surface area contributed by atoms with E-state index in [1.54, 1.807) is 26.0 Å². The number of hydrogen-bond acceptors (Lipinski definition) is 6. The van der Waals surface area contributed by atoms with Crippen LogP contribution >= 0.6 is 22.6 Å². The molecule has 1 aliphatic heterocycles. The maximum atomic E-state index is 12.4. The minimum Gasteiger partial charge on any atom is -0.508 e. The Balaban J connectivity index is 2.72. The molecule has 2 rings (SSSR count). The lowest BCUT2D eigenvalue weighted by atomic mass is 9.82. The fraction of sp³-hybridized carbons (Fsp3) is 0.250. The molecule has 120 valence electrons. The summed E-state index contributed by atoms with van der Waals surface area (Å²) >= 11 is 2.04. The van der Waals surface area contributed by atoms with E-state index in [-0.39, 0.29) is 35.1 Å². The van der Waals surface area contributed by atoms with Crippen molar-refractivity contribution < 1.29 is 19.4 Å². The van der Waals surface area contributed by atoms with Crippen LogP contribution in [0, 0.1) is 14.9 Å². The summed E-state index contributed by atoms with van der Waals surface area (Å²) < 4.78 is 11.1. The number of halogens is 1. The van der Waals surface area contributed by atoms with Crippen molar-refractivity contribution in [2.45, 2.75) is 19.8 Å². The Hall–Kier alpha value is -2.21. The Morgan fingerprint density at radius 1 is 1.57 bits per heavy atom. The number of benzene rings is 1. The van der Waals surface area contributed by atoms with E-state index in [1.165, 1.54) is 6.07 Å². The van der Waals surface area contributed by atoms with Crippen LogP contribution in [-0.4, -0.2) is 17.7 Å². The second kappa shape index (κ2) is 6.91. The third-order valence-electron chi connectivity index (χ3n) is 3.42. The van der Waals surface area contributed by atoms with Crippen LogP contribution in [0.25, 0.3) is 0 Å². The molecule has 3 N–H and O–H groups in total. The zero-order chi connectivity index (χ0) is 17.1. The van der Waals surface area contributed by atoms with Crippen LogP contribution < -0.4 is 5.73 Å². The predicted octanol–water partition coefficient (Wildman–Crippen LogP) is 2.64. The Labute approximate surface area is 147 Å². The van der Waals surface area contributed by atoms with Crippen LogP contribution in [0.15, 0.2) is 41.0 Å². The topological polar surface area (TPSA) is 106 Å². The number of rotatable bonds is 3. The van der Waals surface area contributed by atoms with E-state index in [9.17, 15) is 15.2 Å². The number of phenols is 1. The molecule has 0 aliphatic carbocycles. The molecule has 1 aliphatic rings. The number of allylic oxidation sites excluding steroid dienone is 2. The number of phenolic OH excluding ortho intramolecular Hbond substituents is 1. The first-order chi connectivity index (χ1) is 10.9. The van der Waals surface area contributed by atoms with E-state index in [1.807, 2.05) is 28.7 Å². The molecule has 0 spiro atoms. The standard InChI is InChI=1S/C16H15IN2O4/c1-3-22-16(21)12-8(2)23-15(19)9(7-18)13(12)14-10(17)5-4-6-11(14)20/h4-6,13,20H,3,19H2,1-2H3. The van der Waals surface area contributed by atoms with Gasteiger partial charge in [0, 0.05) is 9.13 Å². The molecule has 0 radical (unpaired) electrons. The molecular weight excluding hydrogens is 411 g/mol. The fourth-order valence-electron chi connectivity index (χ4n) is 2.45. The largest absolute Gasteiger partial charge is 0.508 e. The first-order valence-electron chi connectivity index (χ1n) is 6.85. The summed E-state index contributed by atoms with van der Waals surface area (Å²) in [6.45, 7) is 3.44. The van der Waals surface area contributed by atoms with Crippen molar-refractivity contribution in [3.8, 4) is 11.8 Å². The lowest BCUT2D eigenvalue weighted by Crippen LogP contribution is -2.26. The van der Waals surface area contributed by atoms with Gasteiger partial charge in [0.05, 0.1) is 18.1 Å². The Morgan fingerprint density at radius 3 is 2.83 bits per heavy atom. The summed E-state index contributed by atoms with van der Waals surface area (Å²) in [5.74, 6) is -1.29. The summed E-state index contributed by atoms with van der Waals surface area (Å²) in [5.41, 5.74) is 6.47. The average molecular weight is 426 g/mol. The molecule has 1 aromatic rings. The monoisotopic (exact) mass is 426 g/mol. The summed E-state index contributed by atoms with van der Waals surface area (Å²) in [6.07, 6.45) is 0. The van der Waals surface area contributed by atoms with Crippen molar-refractivity contribution in [1.82, 2.24) is 0 Å². The second-order valence-electron chi connectivity index (χ2n) is 4.79. The van der Waals surface area contributed by atoms with Crippen molar-refractivity contribution >= 4 is 28.6 Å². The highest BCUT2D eigenvalue weighted by molar-refractivity contribution is 14.1. The zero-order valence-corrected chi connectivity index (χ0v) is 14.7. The maximum absolute atomic E-state index is 12.4. The SMILES string of the molecule is CCOC(=O)C1=C(C)OC(N)=C(C#N)C1c1c(O)cccc1I. The van der Waals surface area contributed by atoms with Crippen LogP contribution in [0.2, 0.25) is 0 Å². The van der Waals surface area contributed by atoms with E-state index in [2.05, 4.69) is 0 Å². The van der Waals surface area contributed by atoms with Gasteiger partial charge in [0.2, 0.25) is 5.88 Å². The number of nitrogens with zero attached hydrogens (tertiary/aromatic N) is 1. The summed E-state index contributed by atoms with van der Waals surface area (Å²) in [5, 5.41) is 19.7. The molecule has 23 heavy (non-hydrogen) atoms. The average Bonchev–Trinajstić information content (AvgIpc) is 2.47. The van der Waals surface area contributed by atoms with Crippen LogP contribution in [0.3, 0.4) is 0 Å². The molecule has 1 atom stereocenters. The number of carbonyl (C=O) groups excluding carboxylic acids is 1. The third kappa shape index (κ3) is 3.12. The summed E-state index contributed by atoms with van der Waals surface area (Å²) in [4.78, 5) is 12.4. The van der Waals surface area contributed by atoms with Crippen LogP contribution in [0.5, 0.6) is 5.75 Å². The highest BCUT2D eigenvalue weighted by Crippen LogP contribution is 2.44. The van der Waals surface area contributed by atoms with E-state index in [0.29, 0.717) is 9.13 Å². The van der Waals surface area contributed by atoms with Gasteiger partial charge in [-0.3, -0.25) is 0 Å². The Kier molecular flexibility index (Phi) is 5.15. The fourth-order valence-corrected chi connectivity index (χ4v) is 3.25. The van der Waals surface area contributed by atoms with Gasteiger partial charge < -0.3 is 20.3 Å². The highest BCUT2D eigenvalue weighted by Gasteiger charge is 2.38. The lowest BCUT2D eigenvalue weighted by molar-refractivity contribution is -0.139. The normalized spacial score (nSPS) is 17.6. The van der Waals surface area contributed by atoms with E-state index in [0.717, 1.165) is 0 Å². The molecule has 0 bridgehead atoms. The number of esters is 1. The van der Waals surface area contributed by atoms with Crippen LogP contribution in [0.1, 0.15) is 25.3 Å². The highest BCUT2D eigenvalue weighted by atomic mass is 127. The molecule has 0 aromatic heterocycles. The molecular formula is C16H15IN2O4. The van der Waals surface area contributed by atoms with Gasteiger partial charge in [-0.1, -0.05) is 6.07 Å². The van der Waals surface area contributed by atoms with E-state index >= 15 is 0 Å². The molecule has 7 heteroatoms. The van der Waals surface area contributed by atoms with Crippen molar-refractivity contribution in [3.63, 3.8) is 0 Å². The maximum Gasteiger partial charge on any atom is 0.338 e. The minimum atomic E-state index is -0.833. The van der Waals surface area contributed by atoms with Crippen molar-refractivity contribution in [2.75, 3.05) is 6.61 Å². The van der Waals surface area contributed by atoms with Gasteiger partial charge in [0.1, 0.15) is 23.2 Å². The number of hydrogen-bond donors (Lipinski definition) is 2. The third-order valence-corrected chi connectivity index (χ3v) is 4.36. The molecule has 0 saturated carbocycles.